The minimum Gasteiger partial charge on any atom is -0.383 e. The smallest absolute Gasteiger partial charge is 0.0626 e. The summed E-state index contributed by atoms with van der Waals surface area (Å²) in [5.41, 5.74) is 6.14. The van der Waals surface area contributed by atoms with Gasteiger partial charge >= 0.3 is 0 Å². The molecule has 0 heterocycles. The summed E-state index contributed by atoms with van der Waals surface area (Å²) in [7, 11) is 1.68. The second kappa shape index (κ2) is 6.35. The average molecular weight is 188 g/mol. The van der Waals surface area contributed by atoms with Crippen LogP contribution >= 0.6 is 0 Å². The predicted molar refractivity (Wildman–Crippen MR) is 56.8 cm³/mol. The lowest BCUT2D eigenvalue weighted by molar-refractivity contribution is 0.177. The van der Waals surface area contributed by atoms with E-state index in [-0.39, 0.29) is 6.04 Å². The summed E-state index contributed by atoms with van der Waals surface area (Å²) in [6.07, 6.45) is 1.18. The molecule has 1 unspecified atom stereocenters. The normalized spacial score (nSPS) is 14.5. The van der Waals surface area contributed by atoms with Crippen LogP contribution in [-0.2, 0) is 4.74 Å². The molecule has 0 saturated heterocycles. The van der Waals surface area contributed by atoms with Gasteiger partial charge in [-0.25, -0.2) is 0 Å². The van der Waals surface area contributed by atoms with Crippen molar-refractivity contribution in [3.05, 3.63) is 0 Å². The maximum atomic E-state index is 5.77. The summed E-state index contributed by atoms with van der Waals surface area (Å²) in [5.74, 6) is 0. The molecule has 13 heavy (non-hydrogen) atoms. The van der Waals surface area contributed by atoms with E-state index in [9.17, 15) is 0 Å². The van der Waals surface area contributed by atoms with Gasteiger partial charge in [0.05, 0.1) is 6.61 Å². The molecule has 3 heteroatoms. The molecule has 0 radical (unpaired) electrons. The summed E-state index contributed by atoms with van der Waals surface area (Å²) in [6, 6.07) is 0.109. The molecule has 80 valence electrons. The maximum absolute atomic E-state index is 5.77. The third-order valence-corrected chi connectivity index (χ3v) is 2.35. The van der Waals surface area contributed by atoms with Gasteiger partial charge in [0.1, 0.15) is 0 Å². The Labute approximate surface area is 82.0 Å². The molecule has 0 bridgehead atoms. The van der Waals surface area contributed by atoms with Gasteiger partial charge in [0, 0.05) is 26.2 Å². The summed E-state index contributed by atoms with van der Waals surface area (Å²) in [4.78, 5) is 0. The lowest BCUT2D eigenvalue weighted by Crippen LogP contribution is -2.40. The van der Waals surface area contributed by atoms with Gasteiger partial charge in [-0.2, -0.15) is 0 Å². The highest BCUT2D eigenvalue weighted by Crippen LogP contribution is 2.17. The Bertz CT molecular complexity index is 126. The predicted octanol–water partition coefficient (Wildman–Crippen LogP) is 0.986. The van der Waals surface area contributed by atoms with Crippen LogP contribution in [0.2, 0.25) is 0 Å². The summed E-state index contributed by atoms with van der Waals surface area (Å²) < 4.78 is 4.95. The largest absolute Gasteiger partial charge is 0.383 e. The van der Waals surface area contributed by atoms with Crippen molar-refractivity contribution in [3.63, 3.8) is 0 Å². The van der Waals surface area contributed by atoms with Crippen molar-refractivity contribution < 1.29 is 4.74 Å². The van der Waals surface area contributed by atoms with E-state index >= 15 is 0 Å². The average Bonchev–Trinajstić information content (AvgIpc) is 2.05. The Hall–Kier alpha value is -0.120. The number of nitrogens with two attached hydrogens (primary N) is 1. The van der Waals surface area contributed by atoms with E-state index in [1.165, 1.54) is 6.42 Å². The van der Waals surface area contributed by atoms with Crippen LogP contribution in [0.1, 0.15) is 27.2 Å². The van der Waals surface area contributed by atoms with Crippen molar-refractivity contribution in [2.24, 2.45) is 11.1 Å². The van der Waals surface area contributed by atoms with Crippen LogP contribution in [-0.4, -0.2) is 32.8 Å². The Morgan fingerprint density at radius 2 is 2.08 bits per heavy atom. The minimum absolute atomic E-state index is 0.109. The van der Waals surface area contributed by atoms with Crippen LogP contribution in [0.3, 0.4) is 0 Å². The Kier molecular flexibility index (Phi) is 6.29. The van der Waals surface area contributed by atoms with Gasteiger partial charge in [-0.1, -0.05) is 20.8 Å². The molecule has 0 rings (SSSR count). The highest BCUT2D eigenvalue weighted by Gasteiger charge is 2.14. The number of rotatable bonds is 7. The topological polar surface area (TPSA) is 47.3 Å². The van der Waals surface area contributed by atoms with Crippen molar-refractivity contribution in [1.82, 2.24) is 5.32 Å². The van der Waals surface area contributed by atoms with E-state index in [1.54, 1.807) is 7.11 Å². The highest BCUT2D eigenvalue weighted by atomic mass is 16.5. The fourth-order valence-corrected chi connectivity index (χ4v) is 0.994. The third kappa shape index (κ3) is 6.99. The van der Waals surface area contributed by atoms with Crippen molar-refractivity contribution in [2.75, 3.05) is 26.8 Å². The molecule has 0 aromatic rings. The molecule has 3 N–H and O–H groups in total. The molecule has 0 aliphatic rings. The van der Waals surface area contributed by atoms with Crippen molar-refractivity contribution in [1.29, 1.82) is 0 Å². The first kappa shape index (κ1) is 12.9. The van der Waals surface area contributed by atoms with Crippen LogP contribution in [0.15, 0.2) is 0 Å². The molecular weight excluding hydrogens is 164 g/mol. The molecule has 0 amide bonds. The fraction of sp³-hybridized carbons (Fsp3) is 1.00. The SMILES string of the molecule is CCC(C)(C)CNCC(N)COC. The van der Waals surface area contributed by atoms with E-state index in [4.69, 9.17) is 10.5 Å². The first-order chi connectivity index (χ1) is 6.02. The first-order valence-electron chi connectivity index (χ1n) is 4.97. The van der Waals surface area contributed by atoms with Gasteiger partial charge in [-0.15, -0.1) is 0 Å². The van der Waals surface area contributed by atoms with Gasteiger partial charge in [0.25, 0.3) is 0 Å². The Balaban J connectivity index is 3.44. The molecule has 0 aromatic carbocycles. The monoisotopic (exact) mass is 188 g/mol. The third-order valence-electron chi connectivity index (χ3n) is 2.35. The zero-order chi connectivity index (χ0) is 10.3. The molecule has 3 nitrogen and oxygen atoms in total. The summed E-state index contributed by atoms with van der Waals surface area (Å²) >= 11 is 0. The molecule has 0 fully saturated rings. The van der Waals surface area contributed by atoms with Gasteiger partial charge in [-0.3, -0.25) is 0 Å². The number of hydrogen-bond acceptors (Lipinski definition) is 3. The molecule has 0 aliphatic carbocycles. The zero-order valence-electron chi connectivity index (χ0n) is 9.39. The quantitative estimate of drug-likeness (QED) is 0.626. The number of ether oxygens (including phenoxy) is 1. The lowest BCUT2D eigenvalue weighted by Gasteiger charge is -2.24. The second-order valence-corrected chi connectivity index (χ2v) is 4.36. The molecular formula is C10H24N2O. The van der Waals surface area contributed by atoms with Crippen molar-refractivity contribution in [3.8, 4) is 0 Å². The molecule has 0 saturated carbocycles. The number of methoxy groups -OCH3 is 1. The Morgan fingerprint density at radius 1 is 1.46 bits per heavy atom. The van der Waals surface area contributed by atoms with Crippen LogP contribution in [0, 0.1) is 5.41 Å². The fourth-order valence-electron chi connectivity index (χ4n) is 0.994. The molecule has 0 aromatic heterocycles. The first-order valence-corrected chi connectivity index (χ1v) is 4.97. The number of hydrogen-bond donors (Lipinski definition) is 2. The van der Waals surface area contributed by atoms with Crippen molar-refractivity contribution >= 4 is 0 Å². The standard InChI is InChI=1S/C10H24N2O/c1-5-10(2,3)8-12-6-9(11)7-13-4/h9,12H,5-8,11H2,1-4H3. The van der Waals surface area contributed by atoms with Crippen molar-refractivity contribution in [2.45, 2.75) is 33.2 Å². The maximum Gasteiger partial charge on any atom is 0.0626 e. The van der Waals surface area contributed by atoms with Crippen LogP contribution < -0.4 is 11.1 Å². The molecule has 0 aliphatic heterocycles. The van der Waals surface area contributed by atoms with Crippen LogP contribution in [0.4, 0.5) is 0 Å². The Morgan fingerprint density at radius 3 is 2.54 bits per heavy atom. The zero-order valence-corrected chi connectivity index (χ0v) is 9.39. The van der Waals surface area contributed by atoms with E-state index in [0.717, 1.165) is 13.1 Å². The molecule has 0 spiro atoms. The van der Waals surface area contributed by atoms with Gasteiger partial charge in [-0.05, 0) is 11.8 Å². The summed E-state index contributed by atoms with van der Waals surface area (Å²) in [5, 5.41) is 3.36. The minimum atomic E-state index is 0.109. The van der Waals surface area contributed by atoms with E-state index in [0.29, 0.717) is 12.0 Å². The van der Waals surface area contributed by atoms with Crippen LogP contribution in [0.25, 0.3) is 0 Å². The highest BCUT2D eigenvalue weighted by molar-refractivity contribution is 4.71. The number of nitrogens with one attached hydrogen (secondary N) is 1. The van der Waals surface area contributed by atoms with E-state index in [1.807, 2.05) is 0 Å². The lowest BCUT2D eigenvalue weighted by atomic mass is 9.90. The van der Waals surface area contributed by atoms with E-state index in [2.05, 4.69) is 26.1 Å². The van der Waals surface area contributed by atoms with Crippen LogP contribution in [0.5, 0.6) is 0 Å². The second-order valence-electron chi connectivity index (χ2n) is 4.36. The van der Waals surface area contributed by atoms with Gasteiger partial charge in [0.2, 0.25) is 0 Å². The van der Waals surface area contributed by atoms with Gasteiger partial charge in [0.15, 0.2) is 0 Å². The van der Waals surface area contributed by atoms with Gasteiger partial charge < -0.3 is 15.8 Å². The molecule has 1 atom stereocenters. The van der Waals surface area contributed by atoms with E-state index < -0.39 is 0 Å². The summed E-state index contributed by atoms with van der Waals surface area (Å²) in [6.45, 7) is 9.18.